The monoisotopic (exact) mass is 449 g/mol. The summed E-state index contributed by atoms with van der Waals surface area (Å²) in [5.74, 6) is -0.248. The number of nitro benzene ring substituents is 1. The lowest BCUT2D eigenvalue weighted by Gasteiger charge is -2.32. The summed E-state index contributed by atoms with van der Waals surface area (Å²) in [4.78, 5) is 21.8. The van der Waals surface area contributed by atoms with Crippen LogP contribution in [-0.2, 0) is 10.0 Å². The molecule has 0 aromatic heterocycles. The van der Waals surface area contributed by atoms with E-state index in [0.717, 1.165) is 0 Å². The van der Waals surface area contributed by atoms with Crippen molar-refractivity contribution >= 4 is 21.8 Å². The number of para-hydroxylation sites is 2. The summed E-state index contributed by atoms with van der Waals surface area (Å²) in [6.45, 7) is 0.366. The quantitative estimate of drug-likeness (QED) is 0.466. The van der Waals surface area contributed by atoms with Crippen molar-refractivity contribution in [2.24, 2.45) is 0 Å². The van der Waals surface area contributed by atoms with Crippen LogP contribution in [0.4, 0.5) is 10.5 Å². The van der Waals surface area contributed by atoms with E-state index in [2.05, 4.69) is 5.32 Å². The average molecular weight is 449 g/mol. The van der Waals surface area contributed by atoms with Crippen LogP contribution in [0.15, 0.2) is 54.6 Å². The third kappa shape index (κ3) is 5.92. The summed E-state index contributed by atoms with van der Waals surface area (Å²) in [7, 11) is -3.75. The zero-order valence-corrected chi connectivity index (χ0v) is 17.4. The minimum absolute atomic E-state index is 0.136. The molecule has 1 aliphatic rings. The Kier molecular flexibility index (Phi) is 7.08. The lowest BCUT2D eigenvalue weighted by Crippen LogP contribution is -2.45. The Bertz CT molecular complexity index is 1020. The number of rotatable bonds is 8. The van der Waals surface area contributed by atoms with Crippen LogP contribution in [0.5, 0.6) is 5.75 Å². The van der Waals surface area contributed by atoms with Crippen LogP contribution in [0.3, 0.4) is 0 Å². The van der Waals surface area contributed by atoms with E-state index in [4.69, 9.17) is 9.84 Å². The number of carboxylic acid groups (broad SMARTS) is 1. The molecule has 1 heterocycles. The minimum Gasteiger partial charge on any atom is -0.483 e. The Morgan fingerprint density at radius 1 is 1.16 bits per heavy atom. The van der Waals surface area contributed by atoms with Crippen LogP contribution < -0.4 is 10.1 Å². The standard InChI is InChI=1S/C20H23N3O7S/c24-20(25)21-17(15-6-2-1-3-7-15)14-31(28,29)22-12-10-16(11-13-22)30-19-9-5-4-8-18(19)23(26)27/h1-9,16-17,21H,10-14H2,(H,24,25). The number of piperidine rings is 1. The zero-order chi connectivity index (χ0) is 22.4. The first-order valence-corrected chi connectivity index (χ1v) is 11.3. The summed E-state index contributed by atoms with van der Waals surface area (Å²) >= 11 is 0. The molecule has 10 nitrogen and oxygen atoms in total. The lowest BCUT2D eigenvalue weighted by molar-refractivity contribution is -0.386. The topological polar surface area (TPSA) is 139 Å². The highest BCUT2D eigenvalue weighted by molar-refractivity contribution is 7.89. The average Bonchev–Trinajstić information content (AvgIpc) is 2.74. The summed E-state index contributed by atoms with van der Waals surface area (Å²) in [5.41, 5.74) is 0.422. The predicted octanol–water partition coefficient (Wildman–Crippen LogP) is 2.78. The third-order valence-electron chi connectivity index (χ3n) is 5.03. The maximum absolute atomic E-state index is 12.9. The number of hydrogen-bond acceptors (Lipinski definition) is 6. The van der Waals surface area contributed by atoms with E-state index in [-0.39, 0.29) is 30.6 Å². The normalized spacial score (nSPS) is 16.4. The number of nitrogens with zero attached hydrogens (tertiary/aromatic N) is 2. The molecule has 2 aromatic rings. The van der Waals surface area contributed by atoms with Gasteiger partial charge in [-0.25, -0.2) is 17.5 Å². The van der Waals surface area contributed by atoms with Crippen molar-refractivity contribution < 1.29 is 28.0 Å². The van der Waals surface area contributed by atoms with Gasteiger partial charge in [-0.05, 0) is 24.5 Å². The lowest BCUT2D eigenvalue weighted by atomic mass is 10.1. The Balaban J connectivity index is 1.64. The molecule has 0 spiro atoms. The molecule has 2 N–H and O–H groups in total. The van der Waals surface area contributed by atoms with Crippen LogP contribution in [0.25, 0.3) is 0 Å². The van der Waals surface area contributed by atoms with Crippen LogP contribution in [-0.4, -0.2) is 53.8 Å². The molecule has 0 saturated carbocycles. The second-order valence-corrected chi connectivity index (χ2v) is 9.15. The Hall–Kier alpha value is -3.18. The second kappa shape index (κ2) is 9.75. The van der Waals surface area contributed by atoms with Crippen molar-refractivity contribution in [2.75, 3.05) is 18.8 Å². The highest BCUT2D eigenvalue weighted by atomic mass is 32.2. The molecule has 0 bridgehead atoms. The Morgan fingerprint density at radius 3 is 2.39 bits per heavy atom. The van der Waals surface area contributed by atoms with E-state index in [1.807, 2.05) is 0 Å². The minimum atomic E-state index is -3.75. The first kappa shape index (κ1) is 22.5. The largest absolute Gasteiger partial charge is 0.483 e. The third-order valence-corrected chi connectivity index (χ3v) is 6.93. The molecule has 1 fully saturated rings. The number of hydrogen-bond donors (Lipinski definition) is 2. The maximum Gasteiger partial charge on any atom is 0.405 e. The van der Waals surface area contributed by atoms with Gasteiger partial charge in [-0.15, -0.1) is 0 Å². The molecule has 0 radical (unpaired) electrons. The van der Waals surface area contributed by atoms with E-state index in [9.17, 15) is 23.3 Å². The van der Waals surface area contributed by atoms with Crippen molar-refractivity contribution in [1.29, 1.82) is 0 Å². The van der Waals surface area contributed by atoms with E-state index >= 15 is 0 Å². The molecular weight excluding hydrogens is 426 g/mol. The number of amides is 1. The fourth-order valence-corrected chi connectivity index (χ4v) is 5.16. The highest BCUT2D eigenvalue weighted by Crippen LogP contribution is 2.29. The van der Waals surface area contributed by atoms with Crippen molar-refractivity contribution in [3.8, 4) is 5.75 Å². The molecule has 11 heteroatoms. The van der Waals surface area contributed by atoms with Gasteiger partial charge < -0.3 is 15.2 Å². The van der Waals surface area contributed by atoms with Gasteiger partial charge in [0.25, 0.3) is 0 Å². The van der Waals surface area contributed by atoms with Gasteiger partial charge in [-0.2, -0.15) is 0 Å². The fraction of sp³-hybridized carbons (Fsp3) is 0.350. The van der Waals surface area contributed by atoms with E-state index in [1.165, 1.54) is 16.4 Å². The summed E-state index contributed by atoms with van der Waals surface area (Å²) in [6, 6.07) is 13.7. The SMILES string of the molecule is O=C(O)NC(CS(=O)(=O)N1CCC(Oc2ccccc2[N+](=O)[O-])CC1)c1ccccc1. The molecule has 1 atom stereocenters. The number of nitro groups is 1. The first-order chi connectivity index (χ1) is 14.8. The number of carbonyl (C=O) groups is 1. The van der Waals surface area contributed by atoms with Crippen molar-refractivity contribution in [3.05, 3.63) is 70.3 Å². The van der Waals surface area contributed by atoms with Gasteiger partial charge in [0, 0.05) is 19.2 Å². The molecule has 31 heavy (non-hydrogen) atoms. The van der Waals surface area contributed by atoms with Gasteiger partial charge in [0.2, 0.25) is 10.0 Å². The van der Waals surface area contributed by atoms with Gasteiger partial charge >= 0.3 is 11.8 Å². The Morgan fingerprint density at radius 2 is 1.77 bits per heavy atom. The number of nitrogens with one attached hydrogen (secondary N) is 1. The van der Waals surface area contributed by atoms with Crippen LogP contribution in [0, 0.1) is 10.1 Å². The second-order valence-electron chi connectivity index (χ2n) is 7.13. The summed E-state index contributed by atoms with van der Waals surface area (Å²) in [5, 5.41) is 22.5. The fourth-order valence-electron chi connectivity index (χ4n) is 3.49. The van der Waals surface area contributed by atoms with E-state index < -0.39 is 32.8 Å². The molecule has 0 aliphatic carbocycles. The first-order valence-electron chi connectivity index (χ1n) is 9.68. The number of ether oxygens (including phenoxy) is 1. The molecule has 166 valence electrons. The molecular formula is C20H23N3O7S. The van der Waals surface area contributed by atoms with Crippen LogP contribution >= 0.6 is 0 Å². The van der Waals surface area contributed by atoms with Gasteiger partial charge in [0.05, 0.1) is 16.7 Å². The smallest absolute Gasteiger partial charge is 0.405 e. The van der Waals surface area contributed by atoms with Gasteiger partial charge in [-0.3, -0.25) is 10.1 Å². The molecule has 1 aliphatic heterocycles. The molecule has 3 rings (SSSR count). The zero-order valence-electron chi connectivity index (χ0n) is 16.6. The number of benzene rings is 2. The highest BCUT2D eigenvalue weighted by Gasteiger charge is 2.32. The van der Waals surface area contributed by atoms with Crippen LogP contribution in [0.2, 0.25) is 0 Å². The molecule has 1 unspecified atom stereocenters. The van der Waals surface area contributed by atoms with Crippen molar-refractivity contribution in [3.63, 3.8) is 0 Å². The number of sulfonamides is 1. The van der Waals surface area contributed by atoms with Gasteiger partial charge in [0.1, 0.15) is 6.10 Å². The van der Waals surface area contributed by atoms with Gasteiger partial charge in [-0.1, -0.05) is 42.5 Å². The molecule has 2 aromatic carbocycles. The summed E-state index contributed by atoms with van der Waals surface area (Å²) < 4.78 is 32.9. The van der Waals surface area contributed by atoms with Crippen molar-refractivity contribution in [2.45, 2.75) is 25.0 Å². The maximum atomic E-state index is 12.9. The van der Waals surface area contributed by atoms with Gasteiger partial charge in [0.15, 0.2) is 5.75 Å². The van der Waals surface area contributed by atoms with Crippen molar-refractivity contribution in [1.82, 2.24) is 9.62 Å². The van der Waals surface area contributed by atoms with E-state index in [0.29, 0.717) is 18.4 Å². The Labute approximate surface area is 179 Å². The van der Waals surface area contributed by atoms with Crippen LogP contribution in [0.1, 0.15) is 24.4 Å². The van der Waals surface area contributed by atoms with E-state index in [1.54, 1.807) is 42.5 Å². The molecule has 1 amide bonds. The summed E-state index contributed by atoms with van der Waals surface area (Å²) in [6.07, 6.45) is -0.920. The molecule has 1 saturated heterocycles. The predicted molar refractivity (Wildman–Crippen MR) is 112 cm³/mol.